The third-order valence-corrected chi connectivity index (χ3v) is 2.54. The third-order valence-electron chi connectivity index (χ3n) is 2.54. The van der Waals surface area contributed by atoms with Crippen molar-refractivity contribution in [1.29, 1.82) is 5.26 Å². The SMILES string of the molecule is COc1cccc(NC=C(C#N)c2nn[nH]n2)c1C(=O)O. The zero-order valence-electron chi connectivity index (χ0n) is 10.9. The van der Waals surface area contributed by atoms with E-state index in [0.717, 1.165) is 0 Å². The maximum atomic E-state index is 11.3. The Morgan fingerprint density at radius 2 is 2.38 bits per heavy atom. The first-order valence-corrected chi connectivity index (χ1v) is 5.68. The lowest BCUT2D eigenvalue weighted by Gasteiger charge is -2.10. The van der Waals surface area contributed by atoms with Gasteiger partial charge in [-0.15, -0.1) is 10.2 Å². The van der Waals surface area contributed by atoms with Crippen molar-refractivity contribution in [2.75, 3.05) is 12.4 Å². The highest BCUT2D eigenvalue weighted by atomic mass is 16.5. The largest absolute Gasteiger partial charge is 0.496 e. The van der Waals surface area contributed by atoms with Crippen molar-refractivity contribution in [3.63, 3.8) is 0 Å². The van der Waals surface area contributed by atoms with E-state index in [2.05, 4.69) is 25.9 Å². The van der Waals surface area contributed by atoms with Gasteiger partial charge in [0.2, 0.25) is 5.82 Å². The normalized spacial score (nSPS) is 10.8. The predicted octanol–water partition coefficient (Wildman–Crippen LogP) is 0.883. The minimum Gasteiger partial charge on any atom is -0.496 e. The first-order chi connectivity index (χ1) is 10.2. The molecule has 2 aromatic rings. The number of anilines is 1. The summed E-state index contributed by atoms with van der Waals surface area (Å²) in [7, 11) is 1.38. The van der Waals surface area contributed by atoms with Gasteiger partial charge in [0.15, 0.2) is 0 Å². The number of tetrazole rings is 1. The molecule has 0 fully saturated rings. The number of methoxy groups -OCH3 is 1. The predicted molar refractivity (Wildman–Crippen MR) is 71.3 cm³/mol. The Kier molecular flexibility index (Phi) is 4.11. The summed E-state index contributed by atoms with van der Waals surface area (Å²) in [6.07, 6.45) is 1.30. The summed E-state index contributed by atoms with van der Waals surface area (Å²) >= 11 is 0. The molecule has 9 nitrogen and oxygen atoms in total. The van der Waals surface area contributed by atoms with Gasteiger partial charge in [-0.1, -0.05) is 6.07 Å². The van der Waals surface area contributed by atoms with Crippen LogP contribution in [-0.4, -0.2) is 38.8 Å². The topological polar surface area (TPSA) is 137 Å². The monoisotopic (exact) mass is 286 g/mol. The van der Waals surface area contributed by atoms with Crippen LogP contribution in [0, 0.1) is 11.3 Å². The third kappa shape index (κ3) is 2.95. The molecule has 0 atom stereocenters. The fourth-order valence-electron chi connectivity index (χ4n) is 1.61. The Hall–Kier alpha value is -3.41. The number of H-pyrrole nitrogens is 1. The molecule has 2 rings (SSSR count). The summed E-state index contributed by atoms with van der Waals surface area (Å²) in [6, 6.07) is 6.59. The first kappa shape index (κ1) is 14.0. The van der Waals surface area contributed by atoms with E-state index in [1.807, 2.05) is 6.07 Å². The van der Waals surface area contributed by atoms with Crippen molar-refractivity contribution in [3.8, 4) is 11.8 Å². The van der Waals surface area contributed by atoms with Gasteiger partial charge in [0.25, 0.3) is 0 Å². The van der Waals surface area contributed by atoms with Crippen LogP contribution in [0.3, 0.4) is 0 Å². The minimum atomic E-state index is -1.15. The maximum absolute atomic E-state index is 11.3. The molecule has 0 aliphatic carbocycles. The average molecular weight is 286 g/mol. The van der Waals surface area contributed by atoms with Gasteiger partial charge >= 0.3 is 5.97 Å². The van der Waals surface area contributed by atoms with E-state index in [4.69, 9.17) is 10.00 Å². The van der Waals surface area contributed by atoms with E-state index in [9.17, 15) is 9.90 Å². The first-order valence-electron chi connectivity index (χ1n) is 5.68. The van der Waals surface area contributed by atoms with Crippen LogP contribution in [0.1, 0.15) is 16.2 Å². The number of aromatic nitrogens is 4. The Morgan fingerprint density at radius 3 is 2.95 bits per heavy atom. The zero-order chi connectivity index (χ0) is 15.2. The molecule has 9 heteroatoms. The van der Waals surface area contributed by atoms with Crippen LogP contribution in [0.5, 0.6) is 5.75 Å². The number of nitriles is 1. The number of aromatic amines is 1. The lowest BCUT2D eigenvalue weighted by atomic mass is 10.1. The number of benzene rings is 1. The summed E-state index contributed by atoms with van der Waals surface area (Å²) < 4.78 is 5.01. The van der Waals surface area contributed by atoms with Crippen LogP contribution in [0.4, 0.5) is 5.69 Å². The number of carboxylic acid groups (broad SMARTS) is 1. The van der Waals surface area contributed by atoms with E-state index in [-0.39, 0.29) is 28.4 Å². The molecule has 0 spiro atoms. The number of hydrogen-bond donors (Lipinski definition) is 3. The van der Waals surface area contributed by atoms with Crippen LogP contribution in [0.2, 0.25) is 0 Å². The van der Waals surface area contributed by atoms with Crippen LogP contribution in [0.15, 0.2) is 24.4 Å². The Morgan fingerprint density at radius 1 is 1.57 bits per heavy atom. The molecule has 0 bridgehead atoms. The lowest BCUT2D eigenvalue weighted by Crippen LogP contribution is -2.05. The number of rotatable bonds is 5. The van der Waals surface area contributed by atoms with Gasteiger partial charge in [0.05, 0.1) is 12.8 Å². The van der Waals surface area contributed by atoms with Gasteiger partial charge in [-0.25, -0.2) is 4.79 Å². The minimum absolute atomic E-state index is 0.0401. The number of hydrogen-bond acceptors (Lipinski definition) is 7. The number of carbonyl (C=O) groups is 1. The van der Waals surface area contributed by atoms with Crippen molar-refractivity contribution >= 4 is 17.2 Å². The number of carboxylic acids is 1. The second-order valence-corrected chi connectivity index (χ2v) is 3.74. The van der Waals surface area contributed by atoms with E-state index >= 15 is 0 Å². The molecular formula is C12H10N6O3. The zero-order valence-corrected chi connectivity index (χ0v) is 10.9. The van der Waals surface area contributed by atoms with Crippen molar-refractivity contribution in [2.24, 2.45) is 0 Å². The van der Waals surface area contributed by atoms with Crippen molar-refractivity contribution in [2.45, 2.75) is 0 Å². The summed E-state index contributed by atoms with van der Waals surface area (Å²) in [5, 5.41) is 33.9. The highest BCUT2D eigenvalue weighted by Gasteiger charge is 2.16. The van der Waals surface area contributed by atoms with Gasteiger partial charge in [0, 0.05) is 6.20 Å². The van der Waals surface area contributed by atoms with Gasteiger partial charge < -0.3 is 15.2 Å². The smallest absolute Gasteiger partial charge is 0.341 e. The van der Waals surface area contributed by atoms with Gasteiger partial charge in [0.1, 0.15) is 23.0 Å². The van der Waals surface area contributed by atoms with Crippen molar-refractivity contribution in [3.05, 3.63) is 35.8 Å². The van der Waals surface area contributed by atoms with Crippen LogP contribution < -0.4 is 10.1 Å². The van der Waals surface area contributed by atoms with Gasteiger partial charge in [-0.3, -0.25) is 0 Å². The van der Waals surface area contributed by atoms with Crippen molar-refractivity contribution < 1.29 is 14.6 Å². The molecule has 1 aromatic carbocycles. The van der Waals surface area contributed by atoms with Crippen LogP contribution in [0.25, 0.3) is 5.57 Å². The molecule has 0 radical (unpaired) electrons. The lowest BCUT2D eigenvalue weighted by molar-refractivity contribution is 0.0694. The van der Waals surface area contributed by atoms with E-state index in [1.165, 1.54) is 19.4 Å². The van der Waals surface area contributed by atoms with Crippen LogP contribution in [-0.2, 0) is 0 Å². The molecule has 0 aliphatic heterocycles. The molecule has 0 amide bonds. The summed E-state index contributed by atoms with van der Waals surface area (Å²) in [6.45, 7) is 0. The molecule has 1 aromatic heterocycles. The fraction of sp³-hybridized carbons (Fsp3) is 0.0833. The molecule has 0 aliphatic rings. The van der Waals surface area contributed by atoms with Crippen molar-refractivity contribution in [1.82, 2.24) is 20.6 Å². The average Bonchev–Trinajstić information content (AvgIpc) is 3.01. The summed E-state index contributed by atoms with van der Waals surface area (Å²) in [5.41, 5.74) is 0.336. The Labute approximate surface area is 118 Å². The molecule has 3 N–H and O–H groups in total. The fourth-order valence-corrected chi connectivity index (χ4v) is 1.61. The van der Waals surface area contributed by atoms with Gasteiger partial charge in [-0.2, -0.15) is 10.5 Å². The van der Waals surface area contributed by atoms with E-state index < -0.39 is 5.97 Å². The number of aromatic carboxylic acids is 1. The van der Waals surface area contributed by atoms with E-state index in [0.29, 0.717) is 0 Å². The quantitative estimate of drug-likeness (QED) is 0.689. The maximum Gasteiger partial charge on any atom is 0.341 e. The molecule has 21 heavy (non-hydrogen) atoms. The molecule has 1 heterocycles. The molecule has 0 unspecified atom stereocenters. The highest BCUT2D eigenvalue weighted by Crippen LogP contribution is 2.26. The number of nitrogens with one attached hydrogen (secondary N) is 2. The van der Waals surface area contributed by atoms with Crippen LogP contribution >= 0.6 is 0 Å². The second-order valence-electron chi connectivity index (χ2n) is 3.74. The number of nitrogens with zero attached hydrogens (tertiary/aromatic N) is 4. The Balaban J connectivity index is 2.36. The molecular weight excluding hydrogens is 276 g/mol. The van der Waals surface area contributed by atoms with Gasteiger partial charge in [-0.05, 0) is 17.3 Å². The standard InChI is InChI=1S/C12H10N6O3/c1-21-9-4-2-3-8(10(9)12(19)20)14-6-7(5-13)11-15-17-18-16-11/h2-4,6,14H,1H3,(H,19,20)(H,15,16,17,18). The number of allylic oxidation sites excluding steroid dienone is 1. The summed E-state index contributed by atoms with van der Waals surface area (Å²) in [4.78, 5) is 11.3. The second kappa shape index (κ2) is 6.16. The molecule has 0 saturated carbocycles. The summed E-state index contributed by atoms with van der Waals surface area (Å²) in [5.74, 6) is -0.842. The highest BCUT2D eigenvalue weighted by molar-refractivity contribution is 5.97. The van der Waals surface area contributed by atoms with E-state index in [1.54, 1.807) is 12.1 Å². The number of ether oxygens (including phenoxy) is 1. The molecule has 106 valence electrons. The molecule has 0 saturated heterocycles. The Bertz CT molecular complexity index is 717.